The van der Waals surface area contributed by atoms with E-state index in [2.05, 4.69) is 5.32 Å². The van der Waals surface area contributed by atoms with Crippen LogP contribution in [0.25, 0.3) is 0 Å². The van der Waals surface area contributed by atoms with Crippen molar-refractivity contribution >= 4 is 35.0 Å². The van der Waals surface area contributed by atoms with Crippen LogP contribution in [0.2, 0.25) is 10.0 Å². The Morgan fingerprint density at radius 3 is 2.24 bits per heavy atom. The molecule has 0 bridgehead atoms. The SMILES string of the molecule is CCCNC(=O)[C@@H](Cc1ccccc1)N(Cc1c(Cl)cccc1Cl)C(=O)Cc1ccccc1F. The number of hydrogen-bond donors (Lipinski definition) is 1. The van der Waals surface area contributed by atoms with Gasteiger partial charge in [-0.3, -0.25) is 9.59 Å². The third kappa shape index (κ3) is 6.81. The number of benzene rings is 3. The molecule has 3 aromatic carbocycles. The van der Waals surface area contributed by atoms with Gasteiger partial charge in [0.25, 0.3) is 0 Å². The van der Waals surface area contributed by atoms with Crippen LogP contribution < -0.4 is 5.32 Å². The van der Waals surface area contributed by atoms with E-state index in [1.807, 2.05) is 37.3 Å². The lowest BCUT2D eigenvalue weighted by atomic mass is 10.0. The van der Waals surface area contributed by atoms with Gasteiger partial charge >= 0.3 is 0 Å². The van der Waals surface area contributed by atoms with E-state index < -0.39 is 17.8 Å². The second-order valence-corrected chi connectivity index (χ2v) is 8.80. The molecule has 0 aliphatic heterocycles. The number of carbonyl (C=O) groups is 2. The summed E-state index contributed by atoms with van der Waals surface area (Å²) in [6, 6.07) is 19.8. The Kier molecular flexibility index (Phi) is 9.49. The van der Waals surface area contributed by atoms with Crippen LogP contribution in [0.1, 0.15) is 30.0 Å². The van der Waals surface area contributed by atoms with E-state index in [9.17, 15) is 14.0 Å². The van der Waals surface area contributed by atoms with E-state index in [0.717, 1.165) is 12.0 Å². The Morgan fingerprint density at radius 1 is 0.941 bits per heavy atom. The molecular formula is C27H27Cl2FN2O2. The normalized spacial score (nSPS) is 11.6. The molecule has 0 aromatic heterocycles. The van der Waals surface area contributed by atoms with Crippen LogP contribution in [0.5, 0.6) is 0 Å². The topological polar surface area (TPSA) is 49.4 Å². The molecule has 1 atom stereocenters. The average Bonchev–Trinajstić information content (AvgIpc) is 2.83. The van der Waals surface area contributed by atoms with E-state index >= 15 is 0 Å². The molecule has 0 unspecified atom stereocenters. The minimum Gasteiger partial charge on any atom is -0.354 e. The third-order valence-electron chi connectivity index (χ3n) is 5.51. The van der Waals surface area contributed by atoms with Crippen LogP contribution in [-0.2, 0) is 29.0 Å². The van der Waals surface area contributed by atoms with E-state index in [4.69, 9.17) is 23.2 Å². The summed E-state index contributed by atoms with van der Waals surface area (Å²) in [5.41, 5.74) is 1.69. The lowest BCUT2D eigenvalue weighted by Gasteiger charge is -2.32. The zero-order chi connectivity index (χ0) is 24.5. The smallest absolute Gasteiger partial charge is 0.243 e. The fourth-order valence-electron chi connectivity index (χ4n) is 3.68. The molecule has 0 fully saturated rings. The van der Waals surface area contributed by atoms with Gasteiger partial charge in [0.1, 0.15) is 11.9 Å². The quantitative estimate of drug-likeness (QED) is 0.380. The minimum absolute atomic E-state index is 0.0167. The lowest BCUT2D eigenvalue weighted by molar-refractivity contribution is -0.140. The highest BCUT2D eigenvalue weighted by Gasteiger charge is 2.31. The van der Waals surface area contributed by atoms with Gasteiger partial charge < -0.3 is 10.2 Å². The molecule has 0 aliphatic carbocycles. The largest absolute Gasteiger partial charge is 0.354 e. The molecule has 3 rings (SSSR count). The molecule has 34 heavy (non-hydrogen) atoms. The summed E-state index contributed by atoms with van der Waals surface area (Å²) in [5, 5.41) is 3.69. The first-order valence-electron chi connectivity index (χ1n) is 11.2. The summed E-state index contributed by atoms with van der Waals surface area (Å²) >= 11 is 12.8. The zero-order valence-electron chi connectivity index (χ0n) is 18.9. The summed E-state index contributed by atoms with van der Waals surface area (Å²) in [6.07, 6.45) is 0.853. The van der Waals surface area contributed by atoms with Crippen molar-refractivity contribution in [1.29, 1.82) is 0 Å². The third-order valence-corrected chi connectivity index (χ3v) is 6.22. The molecule has 178 valence electrons. The van der Waals surface area contributed by atoms with Crippen LogP contribution in [0.3, 0.4) is 0 Å². The van der Waals surface area contributed by atoms with Crippen molar-refractivity contribution in [1.82, 2.24) is 10.2 Å². The summed E-state index contributed by atoms with van der Waals surface area (Å²) in [4.78, 5) is 28.3. The Balaban J connectivity index is 2.01. The summed E-state index contributed by atoms with van der Waals surface area (Å²) in [6.45, 7) is 2.45. The number of amides is 2. The maximum absolute atomic E-state index is 14.3. The molecule has 0 aliphatic rings. The molecule has 3 aromatic rings. The first-order valence-corrected chi connectivity index (χ1v) is 11.9. The van der Waals surface area contributed by atoms with Gasteiger partial charge in [0.2, 0.25) is 11.8 Å². The van der Waals surface area contributed by atoms with Gasteiger partial charge in [-0.25, -0.2) is 4.39 Å². The first kappa shape index (κ1) is 25.7. The molecule has 0 saturated heterocycles. The molecule has 0 saturated carbocycles. The molecule has 7 heteroatoms. The van der Waals surface area contributed by atoms with Crippen LogP contribution in [0.15, 0.2) is 72.8 Å². The predicted molar refractivity (Wildman–Crippen MR) is 134 cm³/mol. The van der Waals surface area contributed by atoms with Crippen molar-refractivity contribution in [2.45, 2.75) is 38.8 Å². The standard InChI is InChI=1S/C27H27Cl2FN2O2/c1-2-15-31-27(34)25(16-19-9-4-3-5-10-19)32(18-21-22(28)12-8-13-23(21)29)26(33)17-20-11-6-7-14-24(20)30/h3-14,25H,2,15-18H2,1H3,(H,31,34)/t25-/m1/s1. The first-order chi connectivity index (χ1) is 16.4. The number of rotatable bonds is 10. The van der Waals surface area contributed by atoms with Gasteiger partial charge in [-0.15, -0.1) is 0 Å². The second-order valence-electron chi connectivity index (χ2n) is 7.99. The van der Waals surface area contributed by atoms with Crippen molar-refractivity contribution in [2.75, 3.05) is 6.54 Å². The van der Waals surface area contributed by atoms with Crippen molar-refractivity contribution in [2.24, 2.45) is 0 Å². The molecule has 0 heterocycles. The minimum atomic E-state index is -0.833. The van der Waals surface area contributed by atoms with Gasteiger partial charge in [0, 0.05) is 35.1 Å². The van der Waals surface area contributed by atoms with Crippen molar-refractivity contribution in [3.8, 4) is 0 Å². The van der Waals surface area contributed by atoms with E-state index in [1.54, 1.807) is 36.4 Å². The number of carbonyl (C=O) groups excluding carboxylic acids is 2. The summed E-state index contributed by atoms with van der Waals surface area (Å²) in [7, 11) is 0. The number of hydrogen-bond acceptors (Lipinski definition) is 2. The molecular weight excluding hydrogens is 474 g/mol. The van der Waals surface area contributed by atoms with Gasteiger partial charge in [0.05, 0.1) is 6.42 Å². The molecule has 2 amide bonds. The van der Waals surface area contributed by atoms with Crippen molar-refractivity contribution in [3.05, 3.63) is 105 Å². The average molecular weight is 501 g/mol. The maximum Gasteiger partial charge on any atom is 0.243 e. The Labute approximate surface area is 209 Å². The fraction of sp³-hybridized carbons (Fsp3) is 0.259. The number of nitrogens with one attached hydrogen (secondary N) is 1. The highest BCUT2D eigenvalue weighted by Crippen LogP contribution is 2.27. The lowest BCUT2D eigenvalue weighted by Crippen LogP contribution is -2.51. The van der Waals surface area contributed by atoms with Crippen LogP contribution in [0, 0.1) is 5.82 Å². The monoisotopic (exact) mass is 500 g/mol. The zero-order valence-corrected chi connectivity index (χ0v) is 20.5. The van der Waals surface area contributed by atoms with Gasteiger partial charge in [-0.05, 0) is 35.7 Å². The Morgan fingerprint density at radius 2 is 1.59 bits per heavy atom. The van der Waals surface area contributed by atoms with Crippen LogP contribution in [-0.4, -0.2) is 29.3 Å². The van der Waals surface area contributed by atoms with E-state index in [1.165, 1.54) is 11.0 Å². The Bertz CT molecular complexity index is 1100. The summed E-state index contributed by atoms with van der Waals surface area (Å²) < 4.78 is 14.3. The van der Waals surface area contributed by atoms with Crippen LogP contribution >= 0.6 is 23.2 Å². The number of nitrogens with zero attached hydrogens (tertiary/aromatic N) is 1. The van der Waals surface area contributed by atoms with Gasteiger partial charge in [-0.1, -0.05) is 84.7 Å². The highest BCUT2D eigenvalue weighted by molar-refractivity contribution is 6.36. The van der Waals surface area contributed by atoms with Crippen LogP contribution in [0.4, 0.5) is 4.39 Å². The number of halogens is 3. The molecule has 4 nitrogen and oxygen atoms in total. The van der Waals surface area contributed by atoms with E-state index in [-0.39, 0.29) is 24.4 Å². The summed E-state index contributed by atoms with van der Waals surface area (Å²) in [5.74, 6) is -1.15. The second kappa shape index (κ2) is 12.5. The molecule has 0 spiro atoms. The van der Waals surface area contributed by atoms with E-state index in [0.29, 0.717) is 28.6 Å². The van der Waals surface area contributed by atoms with Crippen molar-refractivity contribution in [3.63, 3.8) is 0 Å². The highest BCUT2D eigenvalue weighted by atomic mass is 35.5. The van der Waals surface area contributed by atoms with Gasteiger partial charge in [-0.2, -0.15) is 0 Å². The van der Waals surface area contributed by atoms with Crippen molar-refractivity contribution < 1.29 is 14.0 Å². The maximum atomic E-state index is 14.3. The van der Waals surface area contributed by atoms with Gasteiger partial charge in [0.15, 0.2) is 0 Å². The Hall–Kier alpha value is -2.89. The molecule has 1 N–H and O–H groups in total. The molecule has 0 radical (unpaired) electrons. The predicted octanol–water partition coefficient (Wildman–Crippen LogP) is 5.84. The fourth-order valence-corrected chi connectivity index (χ4v) is 4.20.